The Bertz CT molecular complexity index is 351. The van der Waals surface area contributed by atoms with Gasteiger partial charge >= 0.3 is 5.97 Å². The van der Waals surface area contributed by atoms with Crippen molar-refractivity contribution >= 4 is 5.97 Å². The number of carbonyl (C=O) groups is 1. The van der Waals surface area contributed by atoms with Crippen LogP contribution in [0.3, 0.4) is 0 Å². The molecule has 0 aromatic rings. The molecule has 0 spiro atoms. The number of hydrogen-bond donors (Lipinski definition) is 4. The van der Waals surface area contributed by atoms with Gasteiger partial charge in [-0.2, -0.15) is 0 Å². The van der Waals surface area contributed by atoms with Gasteiger partial charge in [0.15, 0.2) is 6.29 Å². The molecule has 0 radical (unpaired) electrons. The molecule has 2 unspecified atom stereocenters. The maximum atomic E-state index is 10.9. The zero-order valence-corrected chi connectivity index (χ0v) is 15.0. The normalized spacial score (nSPS) is 15.7. The molecule has 0 aliphatic carbocycles. The van der Waals surface area contributed by atoms with Crippen molar-refractivity contribution in [1.82, 2.24) is 10.2 Å². The summed E-state index contributed by atoms with van der Waals surface area (Å²) in [5, 5.41) is 31.2. The summed E-state index contributed by atoms with van der Waals surface area (Å²) >= 11 is 0. The van der Waals surface area contributed by atoms with E-state index < -0.39 is 29.9 Å². The van der Waals surface area contributed by atoms with Gasteiger partial charge in [0.2, 0.25) is 6.41 Å². The van der Waals surface area contributed by atoms with Crippen LogP contribution in [0, 0.1) is 0 Å². The molecule has 23 heavy (non-hydrogen) atoms. The molecule has 138 valence electrons. The molecule has 0 heterocycles. The Morgan fingerprint density at radius 2 is 1.61 bits per heavy atom. The van der Waals surface area contributed by atoms with E-state index in [2.05, 4.69) is 5.32 Å². The van der Waals surface area contributed by atoms with Crippen molar-refractivity contribution in [3.8, 4) is 0 Å². The third-order valence-electron chi connectivity index (χ3n) is 2.48. The predicted molar refractivity (Wildman–Crippen MR) is 85.8 cm³/mol. The summed E-state index contributed by atoms with van der Waals surface area (Å²) < 4.78 is 10.7. The molecule has 0 rings (SSSR count). The van der Waals surface area contributed by atoms with E-state index in [0.717, 1.165) is 0 Å². The highest BCUT2D eigenvalue weighted by atomic mass is 16.6. The van der Waals surface area contributed by atoms with Gasteiger partial charge in [-0.3, -0.25) is 15.0 Å². The number of hydrogen-bond acceptors (Lipinski definition) is 7. The van der Waals surface area contributed by atoms with Gasteiger partial charge in [-0.1, -0.05) is 0 Å². The third-order valence-corrected chi connectivity index (χ3v) is 2.48. The third kappa shape index (κ3) is 14.5. The Balaban J connectivity index is 4.32. The first kappa shape index (κ1) is 22.2. The van der Waals surface area contributed by atoms with Crippen LogP contribution >= 0.6 is 0 Å². The fourth-order valence-electron chi connectivity index (χ4n) is 1.82. The van der Waals surface area contributed by atoms with Crippen LogP contribution in [0.4, 0.5) is 0 Å². The van der Waals surface area contributed by atoms with Crippen molar-refractivity contribution in [3.05, 3.63) is 0 Å². The molecule has 0 aromatic carbocycles. The van der Waals surface area contributed by atoms with Crippen LogP contribution < -0.4 is 5.32 Å². The van der Waals surface area contributed by atoms with Gasteiger partial charge in [-0.05, 0) is 41.5 Å². The average Bonchev–Trinajstić information content (AvgIpc) is 2.21. The largest absolute Gasteiger partial charge is 0.480 e. The molecule has 0 fully saturated rings. The summed E-state index contributed by atoms with van der Waals surface area (Å²) in [7, 11) is 0. The summed E-state index contributed by atoms with van der Waals surface area (Å²) in [6.45, 7) is 11.3. The Hall–Kier alpha value is -0.770. The number of carboxylic acids is 1. The van der Waals surface area contributed by atoms with Crippen molar-refractivity contribution < 1.29 is 29.6 Å². The van der Waals surface area contributed by atoms with E-state index in [1.54, 1.807) is 20.8 Å². The van der Waals surface area contributed by atoms with Crippen LogP contribution in [0.1, 0.15) is 41.5 Å². The number of aliphatic hydroxyl groups excluding tert-OH is 2. The molecular weight excluding hydrogens is 304 g/mol. The van der Waals surface area contributed by atoms with Crippen LogP contribution in [0.25, 0.3) is 0 Å². The number of aliphatic hydroxyl groups is 2. The lowest BCUT2D eigenvalue weighted by Gasteiger charge is -2.29. The van der Waals surface area contributed by atoms with Crippen molar-refractivity contribution in [3.63, 3.8) is 0 Å². The standard InChI is InChI=1S/C15H32N2O6/c1-14(2,3)22-12(20)10-17(9-11(18)19)8-7-16-13(21)23-15(4,5)6/h12-13,16,20-21H,7-10H2,1-6H3,(H,18,19). The molecule has 8 heteroatoms. The lowest BCUT2D eigenvalue weighted by molar-refractivity contribution is -0.183. The van der Waals surface area contributed by atoms with E-state index in [0.29, 0.717) is 13.1 Å². The van der Waals surface area contributed by atoms with Crippen molar-refractivity contribution in [1.29, 1.82) is 0 Å². The zero-order chi connectivity index (χ0) is 18.3. The minimum absolute atomic E-state index is 0.0570. The van der Waals surface area contributed by atoms with Gasteiger partial charge in [0.1, 0.15) is 0 Å². The lowest BCUT2D eigenvalue weighted by atomic mass is 10.2. The van der Waals surface area contributed by atoms with Crippen LogP contribution in [0.15, 0.2) is 0 Å². The minimum Gasteiger partial charge on any atom is -0.480 e. The van der Waals surface area contributed by atoms with E-state index in [9.17, 15) is 15.0 Å². The first-order valence-electron chi connectivity index (χ1n) is 7.68. The summed E-state index contributed by atoms with van der Waals surface area (Å²) in [5.74, 6) is -1.00. The van der Waals surface area contributed by atoms with Gasteiger partial charge in [0, 0.05) is 19.6 Å². The molecule has 0 saturated heterocycles. The second-order valence-electron chi connectivity index (χ2n) is 7.35. The van der Waals surface area contributed by atoms with Crippen LogP contribution in [-0.4, -0.2) is 76.3 Å². The van der Waals surface area contributed by atoms with E-state index in [1.165, 1.54) is 4.90 Å². The highest BCUT2D eigenvalue weighted by Crippen LogP contribution is 2.10. The summed E-state index contributed by atoms with van der Waals surface area (Å²) in [6, 6.07) is 0. The first-order chi connectivity index (χ1) is 10.3. The molecule has 0 saturated carbocycles. The Morgan fingerprint density at radius 3 is 2.04 bits per heavy atom. The summed E-state index contributed by atoms with van der Waals surface area (Å²) in [6.07, 6.45) is -2.23. The number of nitrogens with zero attached hydrogens (tertiary/aromatic N) is 1. The molecule has 8 nitrogen and oxygen atoms in total. The van der Waals surface area contributed by atoms with Crippen molar-refractivity contribution in [2.75, 3.05) is 26.2 Å². The highest BCUT2D eigenvalue weighted by molar-refractivity contribution is 5.69. The Kier molecular flexibility index (Phi) is 9.19. The smallest absolute Gasteiger partial charge is 0.317 e. The van der Waals surface area contributed by atoms with Crippen LogP contribution in [0.5, 0.6) is 0 Å². The van der Waals surface area contributed by atoms with E-state index in [1.807, 2.05) is 20.8 Å². The van der Waals surface area contributed by atoms with Gasteiger partial charge in [-0.25, -0.2) is 0 Å². The Labute approximate surface area is 138 Å². The first-order valence-corrected chi connectivity index (χ1v) is 7.68. The van der Waals surface area contributed by atoms with Gasteiger partial charge in [-0.15, -0.1) is 0 Å². The second-order valence-corrected chi connectivity index (χ2v) is 7.35. The fourth-order valence-corrected chi connectivity index (χ4v) is 1.82. The number of nitrogens with one attached hydrogen (secondary N) is 1. The van der Waals surface area contributed by atoms with Gasteiger partial charge in [0.05, 0.1) is 17.7 Å². The SMILES string of the molecule is CC(C)(C)OC(O)CN(CCNC(O)OC(C)(C)C)CC(=O)O. The molecule has 4 N–H and O–H groups in total. The summed E-state index contributed by atoms with van der Waals surface area (Å²) in [5.41, 5.74) is -1.02. The maximum absolute atomic E-state index is 10.9. The zero-order valence-electron chi connectivity index (χ0n) is 15.0. The van der Waals surface area contributed by atoms with Crippen LogP contribution in [0.2, 0.25) is 0 Å². The number of carboxylic acid groups (broad SMARTS) is 1. The van der Waals surface area contributed by atoms with Crippen molar-refractivity contribution in [2.45, 2.75) is 65.4 Å². The number of ether oxygens (including phenoxy) is 2. The topological polar surface area (TPSA) is 111 Å². The molecule has 0 aromatic heterocycles. The van der Waals surface area contributed by atoms with Gasteiger partial charge in [0.25, 0.3) is 0 Å². The predicted octanol–water partition coefficient (Wildman–Crippen LogP) is 0.187. The fraction of sp³-hybridized carbons (Fsp3) is 0.933. The molecule has 0 bridgehead atoms. The number of rotatable bonds is 10. The Morgan fingerprint density at radius 1 is 1.09 bits per heavy atom. The lowest BCUT2D eigenvalue weighted by Crippen LogP contribution is -2.45. The van der Waals surface area contributed by atoms with E-state index in [4.69, 9.17) is 14.6 Å². The molecule has 2 atom stereocenters. The molecule has 0 amide bonds. The monoisotopic (exact) mass is 336 g/mol. The van der Waals surface area contributed by atoms with Crippen molar-refractivity contribution in [2.24, 2.45) is 0 Å². The molecular formula is C15H32N2O6. The van der Waals surface area contributed by atoms with E-state index in [-0.39, 0.29) is 13.1 Å². The van der Waals surface area contributed by atoms with Gasteiger partial charge < -0.3 is 24.8 Å². The second kappa shape index (κ2) is 9.51. The average molecular weight is 336 g/mol. The summed E-state index contributed by atoms with van der Waals surface area (Å²) in [4.78, 5) is 12.4. The maximum Gasteiger partial charge on any atom is 0.317 e. The van der Waals surface area contributed by atoms with Crippen LogP contribution in [-0.2, 0) is 14.3 Å². The molecule has 0 aliphatic heterocycles. The van der Waals surface area contributed by atoms with E-state index >= 15 is 0 Å². The number of aliphatic carboxylic acids is 1. The molecule has 0 aliphatic rings. The highest BCUT2D eigenvalue weighted by Gasteiger charge is 2.21. The quantitative estimate of drug-likeness (QED) is 0.418. The minimum atomic E-state index is -1.14.